The van der Waals surface area contributed by atoms with Crippen molar-refractivity contribution in [3.63, 3.8) is 0 Å². The number of carboxylic acids is 1. The third-order valence-electron chi connectivity index (χ3n) is 2.38. The van der Waals surface area contributed by atoms with Crippen LogP contribution in [0.2, 0.25) is 0 Å². The minimum absolute atomic E-state index is 0.0411. The molecule has 5 nitrogen and oxygen atoms in total. The van der Waals surface area contributed by atoms with E-state index in [-0.39, 0.29) is 19.5 Å². The Hall–Kier alpha value is -1.57. The molecule has 0 aromatic heterocycles. The van der Waals surface area contributed by atoms with E-state index in [1.165, 1.54) is 4.90 Å². The lowest BCUT2D eigenvalue weighted by Gasteiger charge is -2.27. The Morgan fingerprint density at radius 1 is 1.39 bits per heavy atom. The third-order valence-corrected chi connectivity index (χ3v) is 2.38. The number of nitrogens with zero attached hydrogens (tertiary/aromatic N) is 1. The molecule has 0 unspecified atom stereocenters. The SMILES string of the molecule is O=C(O)COCC(=O)N1CC=C(C(F)(F)F)CC1. The van der Waals surface area contributed by atoms with Crippen molar-refractivity contribution in [1.29, 1.82) is 0 Å². The van der Waals surface area contributed by atoms with Crippen LogP contribution >= 0.6 is 0 Å². The third kappa shape index (κ3) is 4.36. The van der Waals surface area contributed by atoms with Gasteiger partial charge in [0.25, 0.3) is 0 Å². The zero-order chi connectivity index (χ0) is 13.8. The van der Waals surface area contributed by atoms with Crippen molar-refractivity contribution in [2.75, 3.05) is 26.3 Å². The Kier molecular flexibility index (Phi) is 4.71. The molecule has 1 aliphatic rings. The van der Waals surface area contributed by atoms with Crippen LogP contribution < -0.4 is 0 Å². The first kappa shape index (κ1) is 14.5. The number of aliphatic carboxylic acids is 1. The minimum Gasteiger partial charge on any atom is -0.480 e. The van der Waals surface area contributed by atoms with Crippen LogP contribution in [0.4, 0.5) is 13.2 Å². The van der Waals surface area contributed by atoms with Crippen molar-refractivity contribution >= 4 is 11.9 Å². The van der Waals surface area contributed by atoms with Gasteiger partial charge < -0.3 is 14.7 Å². The first-order chi connectivity index (χ1) is 8.30. The molecule has 1 aliphatic heterocycles. The van der Waals surface area contributed by atoms with Gasteiger partial charge in [0.1, 0.15) is 13.2 Å². The molecule has 18 heavy (non-hydrogen) atoms. The maximum atomic E-state index is 12.3. The molecule has 0 aliphatic carbocycles. The summed E-state index contributed by atoms with van der Waals surface area (Å²) in [7, 11) is 0. The molecule has 1 amide bonds. The molecule has 0 spiro atoms. The molecule has 102 valence electrons. The highest BCUT2D eigenvalue weighted by Crippen LogP contribution is 2.30. The van der Waals surface area contributed by atoms with E-state index < -0.39 is 36.8 Å². The van der Waals surface area contributed by atoms with E-state index in [2.05, 4.69) is 4.74 Å². The number of carbonyl (C=O) groups excluding carboxylic acids is 1. The number of ether oxygens (including phenoxy) is 1. The van der Waals surface area contributed by atoms with Crippen LogP contribution in [0.5, 0.6) is 0 Å². The zero-order valence-electron chi connectivity index (χ0n) is 9.37. The Morgan fingerprint density at radius 3 is 2.50 bits per heavy atom. The summed E-state index contributed by atoms with van der Waals surface area (Å²) in [4.78, 5) is 22.8. The number of carboxylic acid groups (broad SMARTS) is 1. The maximum Gasteiger partial charge on any atom is 0.412 e. The molecule has 1 rings (SSSR count). The lowest BCUT2D eigenvalue weighted by molar-refractivity contribution is -0.146. The van der Waals surface area contributed by atoms with Crippen molar-refractivity contribution in [3.05, 3.63) is 11.6 Å². The average molecular weight is 267 g/mol. The second-order valence-corrected chi connectivity index (χ2v) is 3.70. The summed E-state index contributed by atoms with van der Waals surface area (Å²) in [5.74, 6) is -1.73. The van der Waals surface area contributed by atoms with Crippen LogP contribution in [0, 0.1) is 0 Å². The van der Waals surface area contributed by atoms with Crippen LogP contribution in [0.3, 0.4) is 0 Å². The summed E-state index contributed by atoms with van der Waals surface area (Å²) in [6.07, 6.45) is -3.65. The molecule has 0 atom stereocenters. The predicted molar refractivity (Wildman–Crippen MR) is 53.8 cm³/mol. The summed E-state index contributed by atoms with van der Waals surface area (Å²) < 4.78 is 41.5. The maximum absolute atomic E-state index is 12.3. The summed E-state index contributed by atoms with van der Waals surface area (Å²) >= 11 is 0. The molecule has 0 saturated carbocycles. The highest BCUT2D eigenvalue weighted by molar-refractivity contribution is 5.78. The Labute approximate surface area is 101 Å². The smallest absolute Gasteiger partial charge is 0.412 e. The van der Waals surface area contributed by atoms with Gasteiger partial charge >= 0.3 is 12.1 Å². The molecule has 0 aromatic carbocycles. The quantitative estimate of drug-likeness (QED) is 0.765. The number of amides is 1. The van der Waals surface area contributed by atoms with Gasteiger partial charge in [0, 0.05) is 18.7 Å². The fourth-order valence-corrected chi connectivity index (χ4v) is 1.47. The molecule has 0 radical (unpaired) electrons. The highest BCUT2D eigenvalue weighted by atomic mass is 19.4. The lowest BCUT2D eigenvalue weighted by atomic mass is 10.1. The molecule has 0 aromatic rings. The number of hydrogen-bond acceptors (Lipinski definition) is 3. The van der Waals surface area contributed by atoms with Gasteiger partial charge in [-0.1, -0.05) is 6.08 Å². The second kappa shape index (κ2) is 5.85. The Bertz CT molecular complexity index is 365. The van der Waals surface area contributed by atoms with Gasteiger partial charge in [-0.2, -0.15) is 13.2 Å². The molecule has 0 saturated heterocycles. The Balaban J connectivity index is 2.40. The first-order valence-electron chi connectivity index (χ1n) is 5.14. The van der Waals surface area contributed by atoms with Gasteiger partial charge in [-0.3, -0.25) is 4.79 Å². The molecular formula is C10H12F3NO4. The van der Waals surface area contributed by atoms with Gasteiger partial charge in [0.2, 0.25) is 5.91 Å². The van der Waals surface area contributed by atoms with E-state index in [9.17, 15) is 22.8 Å². The van der Waals surface area contributed by atoms with E-state index in [4.69, 9.17) is 5.11 Å². The van der Waals surface area contributed by atoms with Crippen molar-refractivity contribution in [3.8, 4) is 0 Å². The number of halogens is 3. The van der Waals surface area contributed by atoms with Crippen LogP contribution in [0.1, 0.15) is 6.42 Å². The summed E-state index contributed by atoms with van der Waals surface area (Å²) in [5.41, 5.74) is -0.641. The average Bonchev–Trinajstić information content (AvgIpc) is 2.27. The normalized spacial score (nSPS) is 16.4. The van der Waals surface area contributed by atoms with E-state index in [1.807, 2.05) is 0 Å². The van der Waals surface area contributed by atoms with Crippen LogP contribution in [-0.4, -0.2) is 54.4 Å². The van der Waals surface area contributed by atoms with E-state index in [0.29, 0.717) is 0 Å². The van der Waals surface area contributed by atoms with E-state index in [1.54, 1.807) is 0 Å². The number of alkyl halides is 3. The predicted octanol–water partition coefficient (Wildman–Crippen LogP) is 0.809. The van der Waals surface area contributed by atoms with Crippen LogP contribution in [-0.2, 0) is 14.3 Å². The van der Waals surface area contributed by atoms with Gasteiger partial charge in [0.05, 0.1) is 0 Å². The monoisotopic (exact) mass is 267 g/mol. The number of hydrogen-bond donors (Lipinski definition) is 1. The van der Waals surface area contributed by atoms with E-state index in [0.717, 1.165) is 6.08 Å². The van der Waals surface area contributed by atoms with E-state index >= 15 is 0 Å². The van der Waals surface area contributed by atoms with Crippen LogP contribution in [0.25, 0.3) is 0 Å². The number of carbonyl (C=O) groups is 2. The Morgan fingerprint density at radius 2 is 2.06 bits per heavy atom. The molecule has 0 fully saturated rings. The van der Waals surface area contributed by atoms with Gasteiger partial charge in [-0.25, -0.2) is 4.79 Å². The number of rotatable bonds is 4. The van der Waals surface area contributed by atoms with Crippen molar-refractivity contribution in [2.45, 2.75) is 12.6 Å². The summed E-state index contributed by atoms with van der Waals surface area (Å²) in [6.45, 7) is -1.23. The van der Waals surface area contributed by atoms with Gasteiger partial charge in [-0.15, -0.1) is 0 Å². The van der Waals surface area contributed by atoms with Crippen molar-refractivity contribution < 1.29 is 32.6 Å². The largest absolute Gasteiger partial charge is 0.480 e. The highest BCUT2D eigenvalue weighted by Gasteiger charge is 2.35. The van der Waals surface area contributed by atoms with Crippen LogP contribution in [0.15, 0.2) is 11.6 Å². The zero-order valence-corrected chi connectivity index (χ0v) is 9.37. The molecule has 1 heterocycles. The topological polar surface area (TPSA) is 66.8 Å². The molecule has 0 bridgehead atoms. The minimum atomic E-state index is -4.35. The van der Waals surface area contributed by atoms with Crippen molar-refractivity contribution in [2.24, 2.45) is 0 Å². The first-order valence-corrected chi connectivity index (χ1v) is 5.14. The summed E-state index contributed by atoms with van der Waals surface area (Å²) in [6, 6.07) is 0. The summed E-state index contributed by atoms with van der Waals surface area (Å²) in [5, 5.41) is 8.28. The molecule has 8 heteroatoms. The van der Waals surface area contributed by atoms with Gasteiger partial charge in [0.15, 0.2) is 0 Å². The second-order valence-electron chi connectivity index (χ2n) is 3.70. The van der Waals surface area contributed by atoms with Crippen molar-refractivity contribution in [1.82, 2.24) is 4.90 Å². The van der Waals surface area contributed by atoms with Gasteiger partial charge in [-0.05, 0) is 6.42 Å². The molecule has 1 N–H and O–H groups in total. The standard InChI is InChI=1S/C10H12F3NO4/c11-10(12,13)7-1-3-14(4-2-7)8(15)5-18-6-9(16)17/h1H,2-6H2,(H,16,17). The lowest BCUT2D eigenvalue weighted by Crippen LogP contribution is -2.39. The fraction of sp³-hybridized carbons (Fsp3) is 0.600. The fourth-order valence-electron chi connectivity index (χ4n) is 1.47. The molecular weight excluding hydrogens is 255 g/mol.